The molecule has 0 aliphatic rings. The van der Waals surface area contributed by atoms with Crippen LogP contribution in [0.5, 0.6) is 0 Å². The summed E-state index contributed by atoms with van der Waals surface area (Å²) in [5, 5.41) is 7.03. The van der Waals surface area contributed by atoms with Crippen LogP contribution in [0.15, 0.2) is 27.3 Å². The topological polar surface area (TPSA) is 63.8 Å². The van der Waals surface area contributed by atoms with E-state index in [-0.39, 0.29) is 5.54 Å². The molecule has 2 aromatic heterocycles. The molecule has 0 saturated carbocycles. The number of nitrogens with zero attached hydrogens (tertiary/aromatic N) is 3. The molecule has 0 saturated heterocycles. The third-order valence-electron chi connectivity index (χ3n) is 2.54. The number of halogens is 1. The summed E-state index contributed by atoms with van der Waals surface area (Å²) in [7, 11) is 1.85. The molecule has 0 aliphatic carbocycles. The van der Waals surface area contributed by atoms with Gasteiger partial charge >= 0.3 is 0 Å². The van der Waals surface area contributed by atoms with Gasteiger partial charge in [-0.1, -0.05) is 5.16 Å². The Morgan fingerprint density at radius 2 is 2.12 bits per heavy atom. The van der Waals surface area contributed by atoms with E-state index in [0.29, 0.717) is 17.4 Å². The number of hydrogen-bond donors (Lipinski definition) is 1. The summed E-state index contributed by atoms with van der Waals surface area (Å²) in [6.45, 7) is 3.94. The van der Waals surface area contributed by atoms with Gasteiger partial charge in [0.05, 0.1) is 5.54 Å². The maximum Gasteiger partial charge on any atom is 0.246 e. The van der Waals surface area contributed by atoms with Gasteiger partial charge in [-0.15, -0.1) is 0 Å². The SMILES string of the molecule is CNC(C)(C)c1nc(-c2ccc(Br)cn2)no1. The Morgan fingerprint density at radius 3 is 2.71 bits per heavy atom. The molecule has 6 heteroatoms. The minimum atomic E-state index is -0.347. The van der Waals surface area contributed by atoms with E-state index in [2.05, 4.69) is 36.4 Å². The number of aromatic nitrogens is 3. The van der Waals surface area contributed by atoms with Crippen LogP contribution in [-0.4, -0.2) is 22.2 Å². The summed E-state index contributed by atoms with van der Waals surface area (Å²) in [4.78, 5) is 8.55. The summed E-state index contributed by atoms with van der Waals surface area (Å²) in [6.07, 6.45) is 1.70. The van der Waals surface area contributed by atoms with Crippen LogP contribution in [0, 0.1) is 0 Å². The van der Waals surface area contributed by atoms with Gasteiger partial charge in [-0.2, -0.15) is 4.98 Å². The zero-order valence-electron chi connectivity index (χ0n) is 9.86. The Hall–Kier alpha value is -1.27. The molecule has 2 rings (SSSR count). The first-order valence-electron chi connectivity index (χ1n) is 5.18. The minimum Gasteiger partial charge on any atom is -0.337 e. The van der Waals surface area contributed by atoms with E-state index in [0.717, 1.165) is 4.47 Å². The molecule has 0 aromatic carbocycles. The number of rotatable bonds is 3. The van der Waals surface area contributed by atoms with Crippen LogP contribution >= 0.6 is 15.9 Å². The molecule has 90 valence electrons. The Labute approximate surface area is 108 Å². The van der Waals surface area contributed by atoms with Gasteiger partial charge in [0.1, 0.15) is 5.69 Å². The van der Waals surface area contributed by atoms with E-state index in [9.17, 15) is 0 Å². The lowest BCUT2D eigenvalue weighted by Gasteiger charge is -2.17. The van der Waals surface area contributed by atoms with E-state index >= 15 is 0 Å². The monoisotopic (exact) mass is 296 g/mol. The van der Waals surface area contributed by atoms with Gasteiger partial charge in [-0.05, 0) is 49.0 Å². The molecule has 1 N–H and O–H groups in total. The van der Waals surface area contributed by atoms with Crippen molar-refractivity contribution in [1.82, 2.24) is 20.4 Å². The second kappa shape index (κ2) is 4.54. The fourth-order valence-corrected chi connectivity index (χ4v) is 1.43. The predicted molar refractivity (Wildman–Crippen MR) is 67.3 cm³/mol. The van der Waals surface area contributed by atoms with Gasteiger partial charge < -0.3 is 9.84 Å². The number of nitrogens with one attached hydrogen (secondary N) is 1. The van der Waals surface area contributed by atoms with Crippen LogP contribution in [0.4, 0.5) is 0 Å². The molecule has 0 atom stereocenters. The van der Waals surface area contributed by atoms with E-state index in [1.165, 1.54) is 0 Å². The second-order valence-electron chi connectivity index (χ2n) is 4.16. The zero-order valence-corrected chi connectivity index (χ0v) is 11.4. The van der Waals surface area contributed by atoms with Crippen molar-refractivity contribution < 1.29 is 4.52 Å². The van der Waals surface area contributed by atoms with Gasteiger partial charge in [-0.25, -0.2) is 0 Å². The van der Waals surface area contributed by atoms with Crippen molar-refractivity contribution in [2.24, 2.45) is 0 Å². The maximum atomic E-state index is 5.23. The Kier molecular flexibility index (Phi) is 3.26. The van der Waals surface area contributed by atoms with Crippen molar-refractivity contribution in [2.45, 2.75) is 19.4 Å². The van der Waals surface area contributed by atoms with Gasteiger partial charge in [0.2, 0.25) is 11.7 Å². The van der Waals surface area contributed by atoms with Crippen molar-refractivity contribution in [1.29, 1.82) is 0 Å². The Bertz CT molecular complexity index is 506. The standard InChI is InChI=1S/C11H13BrN4O/c1-11(2,13-3)10-15-9(16-17-10)8-5-4-7(12)6-14-8/h4-6,13H,1-3H3. The van der Waals surface area contributed by atoms with E-state index in [1.807, 2.05) is 33.0 Å². The summed E-state index contributed by atoms with van der Waals surface area (Å²) in [5.41, 5.74) is 0.343. The molecular weight excluding hydrogens is 284 g/mol. The zero-order chi connectivity index (χ0) is 12.5. The van der Waals surface area contributed by atoms with E-state index < -0.39 is 0 Å². The second-order valence-corrected chi connectivity index (χ2v) is 5.08. The van der Waals surface area contributed by atoms with Gasteiger partial charge in [-0.3, -0.25) is 4.98 Å². The maximum absolute atomic E-state index is 5.23. The molecule has 2 aromatic rings. The molecule has 0 bridgehead atoms. The normalized spacial score (nSPS) is 11.8. The highest BCUT2D eigenvalue weighted by atomic mass is 79.9. The van der Waals surface area contributed by atoms with Crippen LogP contribution in [0.25, 0.3) is 11.5 Å². The van der Waals surface area contributed by atoms with Crippen molar-refractivity contribution in [3.05, 3.63) is 28.7 Å². The molecule has 17 heavy (non-hydrogen) atoms. The van der Waals surface area contributed by atoms with Gasteiger partial charge in [0.25, 0.3) is 0 Å². The predicted octanol–water partition coefficient (Wildman–Crippen LogP) is 2.35. The average molecular weight is 297 g/mol. The van der Waals surface area contributed by atoms with Crippen molar-refractivity contribution in [3.8, 4) is 11.5 Å². The molecule has 5 nitrogen and oxygen atoms in total. The third-order valence-corrected chi connectivity index (χ3v) is 3.01. The number of pyridine rings is 1. The van der Waals surface area contributed by atoms with E-state index in [4.69, 9.17) is 4.52 Å². The summed E-state index contributed by atoms with van der Waals surface area (Å²) < 4.78 is 6.15. The third kappa shape index (κ3) is 2.53. The Balaban J connectivity index is 2.33. The molecule has 2 heterocycles. The molecule has 0 fully saturated rings. The lowest BCUT2D eigenvalue weighted by Crippen LogP contribution is -2.33. The first kappa shape index (κ1) is 12.2. The van der Waals surface area contributed by atoms with Gasteiger partial charge in [0.15, 0.2) is 0 Å². The van der Waals surface area contributed by atoms with Gasteiger partial charge in [0, 0.05) is 10.7 Å². The summed E-state index contributed by atoms with van der Waals surface area (Å²) in [5.74, 6) is 1.04. The molecular formula is C11H13BrN4O. The largest absolute Gasteiger partial charge is 0.337 e. The minimum absolute atomic E-state index is 0.347. The molecule has 0 amide bonds. The van der Waals surface area contributed by atoms with E-state index in [1.54, 1.807) is 6.20 Å². The highest BCUT2D eigenvalue weighted by Gasteiger charge is 2.25. The first-order chi connectivity index (χ1) is 8.03. The van der Waals surface area contributed by atoms with Crippen LogP contribution in [0.3, 0.4) is 0 Å². The summed E-state index contributed by atoms with van der Waals surface area (Å²) in [6, 6.07) is 3.73. The van der Waals surface area contributed by atoms with Crippen molar-refractivity contribution >= 4 is 15.9 Å². The van der Waals surface area contributed by atoms with Crippen LogP contribution in [0.2, 0.25) is 0 Å². The fourth-order valence-electron chi connectivity index (χ4n) is 1.20. The smallest absolute Gasteiger partial charge is 0.246 e. The van der Waals surface area contributed by atoms with Crippen molar-refractivity contribution in [2.75, 3.05) is 7.05 Å². The highest BCUT2D eigenvalue weighted by molar-refractivity contribution is 9.10. The number of hydrogen-bond acceptors (Lipinski definition) is 5. The molecule has 0 spiro atoms. The fraction of sp³-hybridized carbons (Fsp3) is 0.364. The molecule has 0 unspecified atom stereocenters. The first-order valence-corrected chi connectivity index (χ1v) is 5.97. The Morgan fingerprint density at radius 1 is 1.35 bits per heavy atom. The summed E-state index contributed by atoms with van der Waals surface area (Å²) >= 11 is 3.33. The molecule has 0 radical (unpaired) electrons. The quantitative estimate of drug-likeness (QED) is 0.942. The lowest BCUT2D eigenvalue weighted by atomic mass is 10.1. The van der Waals surface area contributed by atoms with Crippen LogP contribution in [-0.2, 0) is 5.54 Å². The van der Waals surface area contributed by atoms with Crippen molar-refractivity contribution in [3.63, 3.8) is 0 Å². The molecule has 0 aliphatic heterocycles. The van der Waals surface area contributed by atoms with Crippen LogP contribution < -0.4 is 5.32 Å². The highest BCUT2D eigenvalue weighted by Crippen LogP contribution is 2.21. The average Bonchev–Trinajstić information content (AvgIpc) is 2.80. The lowest BCUT2D eigenvalue weighted by molar-refractivity contribution is 0.281. The van der Waals surface area contributed by atoms with Crippen LogP contribution in [0.1, 0.15) is 19.7 Å².